The molecular weight excluding hydrogens is 341 g/mol. The summed E-state index contributed by atoms with van der Waals surface area (Å²) in [5.74, 6) is 5.28. The number of rotatable bonds is 3. The van der Waals surface area contributed by atoms with Gasteiger partial charge in [0.1, 0.15) is 5.75 Å². The molecule has 3 N–H and O–H groups in total. The first kappa shape index (κ1) is 14.5. The van der Waals surface area contributed by atoms with Crippen LogP contribution in [0.5, 0.6) is 11.6 Å². The van der Waals surface area contributed by atoms with Gasteiger partial charge in [0.2, 0.25) is 11.8 Å². The number of aromatic nitrogens is 2. The molecule has 0 aliphatic rings. The lowest BCUT2D eigenvalue weighted by Crippen LogP contribution is -2.10. The Morgan fingerprint density at radius 3 is 2.70 bits per heavy atom. The lowest BCUT2D eigenvalue weighted by molar-refractivity contribution is -0.137. The van der Waals surface area contributed by atoms with Gasteiger partial charge >= 0.3 is 6.18 Å². The number of anilines is 1. The van der Waals surface area contributed by atoms with Gasteiger partial charge in [0.15, 0.2) is 0 Å². The van der Waals surface area contributed by atoms with Gasteiger partial charge in [-0.25, -0.2) is 10.8 Å². The van der Waals surface area contributed by atoms with Gasteiger partial charge in [-0.3, -0.25) is 5.43 Å². The zero-order valence-corrected chi connectivity index (χ0v) is 11.4. The molecule has 0 saturated carbocycles. The quantitative estimate of drug-likeness (QED) is 0.657. The summed E-state index contributed by atoms with van der Waals surface area (Å²) in [5, 5.41) is 0. The van der Waals surface area contributed by atoms with E-state index in [1.165, 1.54) is 18.3 Å². The number of nitrogens with two attached hydrogens (primary N) is 1. The van der Waals surface area contributed by atoms with Crippen LogP contribution in [0.3, 0.4) is 0 Å². The number of benzene rings is 1. The van der Waals surface area contributed by atoms with E-state index in [2.05, 4.69) is 31.3 Å². The number of nitrogens with zero attached hydrogens (tertiary/aromatic N) is 2. The molecule has 1 aromatic carbocycles. The molecule has 2 rings (SSSR count). The molecule has 1 aromatic heterocycles. The van der Waals surface area contributed by atoms with Crippen LogP contribution in [-0.4, -0.2) is 9.97 Å². The van der Waals surface area contributed by atoms with Crippen molar-refractivity contribution < 1.29 is 17.9 Å². The summed E-state index contributed by atoms with van der Waals surface area (Å²) in [6.07, 6.45) is -3.07. The largest absolute Gasteiger partial charge is 0.438 e. The fourth-order valence-corrected chi connectivity index (χ4v) is 1.61. The summed E-state index contributed by atoms with van der Waals surface area (Å²) in [6, 6.07) is 4.47. The maximum Gasteiger partial charge on any atom is 0.416 e. The maximum atomic E-state index is 12.6. The van der Waals surface area contributed by atoms with E-state index in [0.717, 1.165) is 12.1 Å². The zero-order chi connectivity index (χ0) is 14.8. The molecule has 0 fully saturated rings. The van der Waals surface area contributed by atoms with Crippen molar-refractivity contribution in [1.29, 1.82) is 0 Å². The van der Waals surface area contributed by atoms with Crippen molar-refractivity contribution in [1.82, 2.24) is 9.97 Å². The average molecular weight is 349 g/mol. The van der Waals surface area contributed by atoms with Gasteiger partial charge in [-0.05, 0) is 34.1 Å². The molecule has 0 atom stereocenters. The van der Waals surface area contributed by atoms with Gasteiger partial charge < -0.3 is 4.74 Å². The van der Waals surface area contributed by atoms with E-state index < -0.39 is 11.7 Å². The van der Waals surface area contributed by atoms with E-state index in [1.54, 1.807) is 0 Å². The standard InChI is InChI=1S/C11H8BrF3N4O/c12-8-5-17-10(19-16)18-9(8)20-7-3-1-2-6(4-7)11(13,14)15/h1-5H,16H2,(H,17,18,19). The molecule has 1 heterocycles. The van der Waals surface area contributed by atoms with E-state index in [-0.39, 0.29) is 17.6 Å². The topological polar surface area (TPSA) is 73.1 Å². The molecule has 0 aliphatic carbocycles. The second-order valence-electron chi connectivity index (χ2n) is 3.62. The molecule has 9 heteroatoms. The predicted molar refractivity (Wildman–Crippen MR) is 69.1 cm³/mol. The Labute approximate surface area is 120 Å². The van der Waals surface area contributed by atoms with Crippen molar-refractivity contribution in [3.63, 3.8) is 0 Å². The number of hydrazine groups is 1. The first-order valence-electron chi connectivity index (χ1n) is 5.24. The molecule has 0 spiro atoms. The van der Waals surface area contributed by atoms with Gasteiger partial charge in [-0.1, -0.05) is 6.07 Å². The number of ether oxygens (including phenoxy) is 1. The number of nitrogens with one attached hydrogen (secondary N) is 1. The molecule has 0 bridgehead atoms. The molecule has 5 nitrogen and oxygen atoms in total. The summed E-state index contributed by atoms with van der Waals surface area (Å²) in [4.78, 5) is 7.68. The third kappa shape index (κ3) is 3.36. The molecule has 0 aliphatic heterocycles. The minimum atomic E-state index is -4.44. The molecule has 20 heavy (non-hydrogen) atoms. The fourth-order valence-electron chi connectivity index (χ4n) is 1.34. The monoisotopic (exact) mass is 348 g/mol. The Morgan fingerprint density at radius 1 is 1.30 bits per heavy atom. The van der Waals surface area contributed by atoms with Crippen LogP contribution in [0.2, 0.25) is 0 Å². The van der Waals surface area contributed by atoms with Crippen molar-refractivity contribution in [2.45, 2.75) is 6.18 Å². The summed E-state index contributed by atoms with van der Waals surface area (Å²) >= 11 is 3.13. The Morgan fingerprint density at radius 2 is 2.05 bits per heavy atom. The number of halogens is 4. The third-order valence-electron chi connectivity index (χ3n) is 2.22. The highest BCUT2D eigenvalue weighted by Gasteiger charge is 2.30. The van der Waals surface area contributed by atoms with Crippen LogP contribution in [0.4, 0.5) is 19.1 Å². The van der Waals surface area contributed by atoms with E-state index in [9.17, 15) is 13.2 Å². The molecule has 0 unspecified atom stereocenters. The van der Waals surface area contributed by atoms with Gasteiger partial charge in [0.05, 0.1) is 16.2 Å². The lowest BCUT2D eigenvalue weighted by atomic mass is 10.2. The van der Waals surface area contributed by atoms with Crippen molar-refractivity contribution in [3.05, 3.63) is 40.5 Å². The third-order valence-corrected chi connectivity index (χ3v) is 2.76. The van der Waals surface area contributed by atoms with Crippen molar-refractivity contribution in [2.75, 3.05) is 5.43 Å². The summed E-state index contributed by atoms with van der Waals surface area (Å²) in [6.45, 7) is 0. The normalized spacial score (nSPS) is 11.2. The van der Waals surface area contributed by atoms with Crippen molar-refractivity contribution in [3.8, 4) is 11.6 Å². The Balaban J connectivity index is 2.30. The first-order chi connectivity index (χ1) is 9.40. The minimum absolute atomic E-state index is 0.00203. The van der Waals surface area contributed by atoms with Crippen LogP contribution in [-0.2, 0) is 6.18 Å². The second-order valence-corrected chi connectivity index (χ2v) is 4.47. The predicted octanol–water partition coefficient (Wildman–Crippen LogP) is 3.34. The second kappa shape index (κ2) is 5.63. The smallest absolute Gasteiger partial charge is 0.416 e. The fraction of sp³-hybridized carbons (Fsp3) is 0.0909. The molecule has 106 valence electrons. The van der Waals surface area contributed by atoms with Gasteiger partial charge in [-0.2, -0.15) is 18.2 Å². The highest BCUT2D eigenvalue weighted by Crippen LogP contribution is 2.33. The Kier molecular flexibility index (Phi) is 4.09. The van der Waals surface area contributed by atoms with Gasteiger partial charge in [-0.15, -0.1) is 0 Å². The molecule has 0 radical (unpaired) electrons. The van der Waals surface area contributed by atoms with Crippen LogP contribution >= 0.6 is 15.9 Å². The first-order valence-corrected chi connectivity index (χ1v) is 6.03. The summed E-state index contributed by atoms with van der Waals surface area (Å²) in [7, 11) is 0. The van der Waals surface area contributed by atoms with Crippen LogP contribution in [0.15, 0.2) is 34.9 Å². The van der Waals surface area contributed by atoms with Crippen molar-refractivity contribution >= 4 is 21.9 Å². The summed E-state index contributed by atoms with van der Waals surface area (Å²) in [5.41, 5.74) is 1.40. The Bertz CT molecular complexity index is 621. The zero-order valence-electron chi connectivity index (χ0n) is 9.78. The number of alkyl halides is 3. The van der Waals surface area contributed by atoms with E-state index in [0.29, 0.717) is 4.47 Å². The van der Waals surface area contributed by atoms with E-state index in [4.69, 9.17) is 10.6 Å². The number of nitrogen functional groups attached to an aromatic ring is 1. The minimum Gasteiger partial charge on any atom is -0.438 e. The van der Waals surface area contributed by atoms with Gasteiger partial charge in [0, 0.05) is 0 Å². The Hall–Kier alpha value is -1.87. The molecule has 2 aromatic rings. The molecule has 0 amide bonds. The van der Waals surface area contributed by atoms with E-state index in [1.807, 2.05) is 0 Å². The van der Waals surface area contributed by atoms with Gasteiger partial charge in [0.25, 0.3) is 0 Å². The van der Waals surface area contributed by atoms with Crippen molar-refractivity contribution in [2.24, 2.45) is 5.84 Å². The average Bonchev–Trinajstić information content (AvgIpc) is 2.41. The highest BCUT2D eigenvalue weighted by molar-refractivity contribution is 9.10. The summed E-state index contributed by atoms with van der Waals surface area (Å²) < 4.78 is 43.4. The number of hydrogen-bond donors (Lipinski definition) is 2. The maximum absolute atomic E-state index is 12.6. The molecule has 0 saturated heterocycles. The molecular formula is C11H8BrF3N4O. The highest BCUT2D eigenvalue weighted by atomic mass is 79.9. The van der Waals surface area contributed by atoms with Crippen LogP contribution in [0, 0.1) is 0 Å². The van der Waals surface area contributed by atoms with Crippen LogP contribution < -0.4 is 16.0 Å². The van der Waals surface area contributed by atoms with Crippen LogP contribution in [0.25, 0.3) is 0 Å². The SMILES string of the molecule is NNc1ncc(Br)c(Oc2cccc(C(F)(F)F)c2)n1. The lowest BCUT2D eigenvalue weighted by Gasteiger charge is -2.10. The number of hydrogen-bond acceptors (Lipinski definition) is 5. The van der Waals surface area contributed by atoms with Crippen LogP contribution in [0.1, 0.15) is 5.56 Å². The van der Waals surface area contributed by atoms with E-state index >= 15 is 0 Å².